The summed E-state index contributed by atoms with van der Waals surface area (Å²) >= 11 is 0. The topological polar surface area (TPSA) is 105 Å². The molecule has 0 unspecified atom stereocenters. The quantitative estimate of drug-likeness (QED) is 0.773. The minimum absolute atomic E-state index is 0. The number of H-pyrrole nitrogens is 1. The average Bonchev–Trinajstić information content (AvgIpc) is 2.35. The number of nitrogens with two attached hydrogens (primary N) is 1. The zero-order valence-corrected chi connectivity index (χ0v) is 14.7. The lowest BCUT2D eigenvalue weighted by molar-refractivity contribution is 0.0910. The van der Waals surface area contributed by atoms with Crippen molar-refractivity contribution in [3.8, 4) is 0 Å². The van der Waals surface area contributed by atoms with Gasteiger partial charge in [-0.05, 0) is 31.7 Å². The molecule has 0 atom stereocenters. The highest BCUT2D eigenvalue weighted by atomic mass is 35.5. The van der Waals surface area contributed by atoms with E-state index < -0.39 is 17.0 Å². The summed E-state index contributed by atoms with van der Waals surface area (Å²) in [5.74, 6) is -0.563. The zero-order valence-electron chi connectivity index (χ0n) is 13.9. The van der Waals surface area contributed by atoms with E-state index in [0.29, 0.717) is 24.1 Å². The molecular formula is C16H24ClN3O3. The fourth-order valence-electron chi connectivity index (χ4n) is 2.62. The monoisotopic (exact) mass is 341 g/mol. The van der Waals surface area contributed by atoms with Crippen LogP contribution in [0.15, 0.2) is 10.9 Å². The molecular weight excluding hydrogens is 318 g/mol. The van der Waals surface area contributed by atoms with Gasteiger partial charge in [0.15, 0.2) is 5.78 Å². The number of pyridine rings is 1. The van der Waals surface area contributed by atoms with Crippen LogP contribution in [0.25, 0.3) is 0 Å². The van der Waals surface area contributed by atoms with Crippen LogP contribution in [0, 0.1) is 5.41 Å². The average molecular weight is 342 g/mol. The Labute approximate surface area is 141 Å². The van der Waals surface area contributed by atoms with Crippen molar-refractivity contribution in [2.24, 2.45) is 11.1 Å². The van der Waals surface area contributed by atoms with Crippen LogP contribution >= 0.6 is 12.4 Å². The number of halogens is 1. The van der Waals surface area contributed by atoms with Crippen molar-refractivity contribution < 1.29 is 9.59 Å². The van der Waals surface area contributed by atoms with Crippen molar-refractivity contribution in [1.29, 1.82) is 0 Å². The smallest absolute Gasteiger partial charge is 0.261 e. The Hall–Kier alpha value is -1.66. The number of carbonyl (C=O) groups is 2. The lowest BCUT2D eigenvalue weighted by atomic mass is 9.75. The standard InChI is InChI=1S/C16H23N3O3.ClH/c1-15(2)6-11-9(12(20)7-15)5-10(13(21)18-11)14(22)19-16(3,4)8-17;/h5H,6-8,17H2,1-4H3,(H,18,21)(H,19,22);1H. The molecule has 0 aliphatic heterocycles. The van der Waals surface area contributed by atoms with Crippen molar-refractivity contribution in [2.45, 2.75) is 46.1 Å². The van der Waals surface area contributed by atoms with Crippen molar-refractivity contribution >= 4 is 24.1 Å². The molecule has 0 radical (unpaired) electrons. The van der Waals surface area contributed by atoms with Crippen LogP contribution in [0.2, 0.25) is 0 Å². The zero-order chi connectivity index (χ0) is 16.7. The third kappa shape index (κ3) is 4.20. The molecule has 1 amide bonds. The Bertz CT molecular complexity index is 692. The van der Waals surface area contributed by atoms with E-state index in [1.807, 2.05) is 13.8 Å². The molecule has 0 saturated carbocycles. The molecule has 7 heteroatoms. The van der Waals surface area contributed by atoms with E-state index in [0.717, 1.165) is 0 Å². The maximum absolute atomic E-state index is 12.3. The number of rotatable bonds is 3. The van der Waals surface area contributed by atoms with E-state index >= 15 is 0 Å². The van der Waals surface area contributed by atoms with Gasteiger partial charge in [-0.15, -0.1) is 12.4 Å². The summed E-state index contributed by atoms with van der Waals surface area (Å²) in [5, 5.41) is 2.71. The molecule has 0 spiro atoms. The summed E-state index contributed by atoms with van der Waals surface area (Å²) in [7, 11) is 0. The number of nitrogens with one attached hydrogen (secondary N) is 2. The fourth-order valence-corrected chi connectivity index (χ4v) is 2.62. The Morgan fingerprint density at radius 1 is 1.35 bits per heavy atom. The van der Waals surface area contributed by atoms with Crippen molar-refractivity contribution in [1.82, 2.24) is 10.3 Å². The van der Waals surface area contributed by atoms with Gasteiger partial charge in [0.25, 0.3) is 11.5 Å². The summed E-state index contributed by atoms with van der Waals surface area (Å²) in [6, 6.07) is 1.41. The highest BCUT2D eigenvalue weighted by molar-refractivity contribution is 6.02. The van der Waals surface area contributed by atoms with Crippen molar-refractivity contribution in [3.05, 3.63) is 33.2 Å². The van der Waals surface area contributed by atoms with E-state index in [1.54, 1.807) is 13.8 Å². The number of carbonyl (C=O) groups excluding carboxylic acids is 2. The van der Waals surface area contributed by atoms with Crippen LogP contribution in [0.5, 0.6) is 0 Å². The maximum Gasteiger partial charge on any atom is 0.261 e. The summed E-state index contributed by atoms with van der Waals surface area (Å²) in [4.78, 5) is 39.4. The number of hydrogen-bond donors (Lipinski definition) is 3. The van der Waals surface area contributed by atoms with Gasteiger partial charge in [-0.25, -0.2) is 0 Å². The second-order valence-electron chi connectivity index (χ2n) is 7.39. The Balaban J connectivity index is 0.00000264. The molecule has 1 aliphatic carbocycles. The highest BCUT2D eigenvalue weighted by Crippen LogP contribution is 2.33. The van der Waals surface area contributed by atoms with E-state index in [4.69, 9.17) is 5.73 Å². The molecule has 2 rings (SSSR count). The summed E-state index contributed by atoms with van der Waals surface area (Å²) < 4.78 is 0. The summed E-state index contributed by atoms with van der Waals surface area (Å²) in [6.45, 7) is 7.75. The first kappa shape index (κ1) is 19.4. The predicted octanol–water partition coefficient (Wildman–Crippen LogP) is 1.42. The normalized spacial score (nSPS) is 16.3. The molecule has 0 bridgehead atoms. The van der Waals surface area contributed by atoms with E-state index in [9.17, 15) is 14.4 Å². The minimum Gasteiger partial charge on any atom is -0.346 e. The van der Waals surface area contributed by atoms with E-state index in [1.165, 1.54) is 6.07 Å². The van der Waals surface area contributed by atoms with Crippen LogP contribution in [0.3, 0.4) is 0 Å². The fraction of sp³-hybridized carbons (Fsp3) is 0.562. The molecule has 0 saturated heterocycles. The third-order valence-corrected chi connectivity index (χ3v) is 3.92. The van der Waals surface area contributed by atoms with Crippen LogP contribution < -0.4 is 16.6 Å². The Kier molecular flexibility index (Phi) is 5.44. The summed E-state index contributed by atoms with van der Waals surface area (Å²) in [5.41, 5.74) is 5.30. The van der Waals surface area contributed by atoms with Crippen LogP contribution in [0.1, 0.15) is 60.5 Å². The molecule has 23 heavy (non-hydrogen) atoms. The number of aromatic nitrogens is 1. The number of aromatic amines is 1. The molecule has 0 aromatic carbocycles. The van der Waals surface area contributed by atoms with E-state index in [2.05, 4.69) is 10.3 Å². The van der Waals surface area contributed by atoms with E-state index in [-0.39, 0.29) is 35.7 Å². The largest absolute Gasteiger partial charge is 0.346 e. The van der Waals surface area contributed by atoms with Gasteiger partial charge in [-0.2, -0.15) is 0 Å². The van der Waals surface area contributed by atoms with Crippen LogP contribution in [0.4, 0.5) is 0 Å². The number of hydrogen-bond acceptors (Lipinski definition) is 4. The second-order valence-corrected chi connectivity index (χ2v) is 7.39. The number of amides is 1. The Morgan fingerprint density at radius 3 is 2.52 bits per heavy atom. The lowest BCUT2D eigenvalue weighted by Gasteiger charge is -2.30. The highest BCUT2D eigenvalue weighted by Gasteiger charge is 2.33. The number of fused-ring (bicyclic) bond motifs is 1. The first-order valence-corrected chi connectivity index (χ1v) is 7.37. The maximum atomic E-state index is 12.3. The van der Waals surface area contributed by atoms with Crippen molar-refractivity contribution in [2.75, 3.05) is 6.54 Å². The lowest BCUT2D eigenvalue weighted by Crippen LogP contribution is -2.50. The Morgan fingerprint density at radius 2 is 1.96 bits per heavy atom. The first-order chi connectivity index (χ1) is 10.0. The van der Waals surface area contributed by atoms with Gasteiger partial charge >= 0.3 is 0 Å². The molecule has 1 aliphatic rings. The third-order valence-electron chi connectivity index (χ3n) is 3.92. The number of Topliss-reactive ketones (excluding diaryl/α,β-unsaturated/α-hetero) is 1. The molecule has 6 nitrogen and oxygen atoms in total. The van der Waals surface area contributed by atoms with Gasteiger partial charge in [0.05, 0.1) is 0 Å². The van der Waals surface area contributed by atoms with Crippen LogP contribution in [-0.2, 0) is 6.42 Å². The first-order valence-electron chi connectivity index (χ1n) is 7.37. The van der Waals surface area contributed by atoms with Gasteiger partial charge in [-0.3, -0.25) is 14.4 Å². The molecule has 1 aromatic heterocycles. The van der Waals surface area contributed by atoms with Gasteiger partial charge in [0.1, 0.15) is 5.56 Å². The SMILES string of the molecule is CC1(C)CC(=O)c2cc(C(=O)NC(C)(C)CN)c(=O)[nH]c2C1.Cl. The van der Waals surface area contributed by atoms with Gasteiger partial charge in [-0.1, -0.05) is 13.8 Å². The molecule has 1 aromatic rings. The molecule has 4 N–H and O–H groups in total. The minimum atomic E-state index is -0.620. The molecule has 0 fully saturated rings. The van der Waals surface area contributed by atoms with Gasteiger partial charge in [0, 0.05) is 29.8 Å². The molecule has 1 heterocycles. The van der Waals surface area contributed by atoms with Gasteiger partial charge in [0.2, 0.25) is 0 Å². The molecule has 128 valence electrons. The van der Waals surface area contributed by atoms with Crippen LogP contribution in [-0.4, -0.2) is 28.8 Å². The van der Waals surface area contributed by atoms with Crippen molar-refractivity contribution in [3.63, 3.8) is 0 Å². The predicted molar refractivity (Wildman–Crippen MR) is 91.3 cm³/mol. The van der Waals surface area contributed by atoms with Gasteiger partial charge < -0.3 is 16.0 Å². The number of ketones is 1. The summed E-state index contributed by atoms with van der Waals surface area (Å²) in [6.07, 6.45) is 1.01. The second kappa shape index (κ2) is 6.45.